The van der Waals surface area contributed by atoms with Gasteiger partial charge in [-0.05, 0) is 44.9 Å². The Morgan fingerprint density at radius 2 is 2.12 bits per heavy atom. The Bertz CT molecular complexity index is 757. The van der Waals surface area contributed by atoms with E-state index in [4.69, 9.17) is 10.5 Å². The molecule has 0 bridgehead atoms. The van der Waals surface area contributed by atoms with Crippen LogP contribution in [0, 0.1) is 6.92 Å². The number of nitrogen functional groups attached to an aromatic ring is 1. The van der Waals surface area contributed by atoms with Crippen LogP contribution in [0.25, 0.3) is 0 Å². The summed E-state index contributed by atoms with van der Waals surface area (Å²) >= 11 is 0. The Balaban J connectivity index is 1.98. The molecule has 2 heterocycles. The Morgan fingerprint density at radius 3 is 2.83 bits per heavy atom. The van der Waals surface area contributed by atoms with Crippen molar-refractivity contribution in [1.29, 1.82) is 0 Å². The number of hydrogen-bond acceptors (Lipinski definition) is 5. The highest BCUT2D eigenvalue weighted by molar-refractivity contribution is 5.95. The van der Waals surface area contributed by atoms with Crippen molar-refractivity contribution in [2.45, 2.75) is 32.2 Å². The first kappa shape index (κ1) is 16.2. The number of nitrogens with two attached hydrogens (primary N) is 1. The summed E-state index contributed by atoms with van der Waals surface area (Å²) in [5, 5.41) is 0. The molecule has 1 aliphatic rings. The molecule has 0 radical (unpaired) electrons. The van der Waals surface area contributed by atoms with Crippen molar-refractivity contribution in [2.75, 3.05) is 19.4 Å². The lowest BCUT2D eigenvalue weighted by molar-refractivity contribution is 0.0603. The first-order chi connectivity index (χ1) is 11.4. The first-order valence-electron chi connectivity index (χ1n) is 8.02. The van der Waals surface area contributed by atoms with Gasteiger partial charge in [0.25, 0.3) is 5.91 Å². The van der Waals surface area contributed by atoms with Crippen LogP contribution in [0.4, 0.5) is 5.82 Å². The molecular weight excluding hydrogens is 304 g/mol. The van der Waals surface area contributed by atoms with Crippen LogP contribution in [-0.2, 0) is 5.54 Å². The van der Waals surface area contributed by atoms with Gasteiger partial charge in [0.05, 0.1) is 7.11 Å². The van der Waals surface area contributed by atoms with Crippen molar-refractivity contribution in [2.24, 2.45) is 0 Å². The molecule has 1 aromatic heterocycles. The van der Waals surface area contributed by atoms with Gasteiger partial charge in [-0.15, -0.1) is 0 Å². The molecule has 126 valence electrons. The third kappa shape index (κ3) is 2.79. The number of anilines is 1. The number of likely N-dealkylation sites (tertiary alicyclic amines) is 1. The summed E-state index contributed by atoms with van der Waals surface area (Å²) in [5.74, 6) is 1.66. The minimum absolute atomic E-state index is 0.0439. The second-order valence-electron chi connectivity index (χ2n) is 6.32. The summed E-state index contributed by atoms with van der Waals surface area (Å²) in [6.07, 6.45) is 1.72. The zero-order valence-corrected chi connectivity index (χ0v) is 14.2. The molecule has 2 N–H and O–H groups in total. The third-order valence-electron chi connectivity index (χ3n) is 4.56. The number of methoxy groups -OCH3 is 1. The van der Waals surface area contributed by atoms with Crippen molar-refractivity contribution >= 4 is 11.7 Å². The van der Waals surface area contributed by atoms with Gasteiger partial charge >= 0.3 is 0 Å². The smallest absolute Gasteiger partial charge is 0.254 e. The van der Waals surface area contributed by atoms with Crippen LogP contribution in [-0.4, -0.2) is 34.4 Å². The van der Waals surface area contributed by atoms with Crippen molar-refractivity contribution in [1.82, 2.24) is 14.9 Å². The lowest BCUT2D eigenvalue weighted by atomic mass is 9.96. The highest BCUT2D eigenvalue weighted by Gasteiger charge is 2.43. The Kier molecular flexibility index (Phi) is 4.13. The average molecular weight is 326 g/mol. The molecule has 6 nitrogen and oxygen atoms in total. The van der Waals surface area contributed by atoms with Crippen molar-refractivity contribution in [3.8, 4) is 5.75 Å². The number of nitrogens with zero attached hydrogens (tertiary/aromatic N) is 3. The monoisotopic (exact) mass is 326 g/mol. The number of carbonyl (C=O) groups excluding carboxylic acids is 1. The number of benzene rings is 1. The minimum atomic E-state index is -0.555. The van der Waals surface area contributed by atoms with Crippen molar-refractivity contribution < 1.29 is 9.53 Å². The second-order valence-corrected chi connectivity index (χ2v) is 6.32. The van der Waals surface area contributed by atoms with E-state index in [0.29, 0.717) is 29.5 Å². The average Bonchev–Trinajstić information content (AvgIpc) is 2.96. The van der Waals surface area contributed by atoms with Crippen LogP contribution < -0.4 is 10.5 Å². The number of amides is 1. The fraction of sp³-hybridized carbons (Fsp3) is 0.389. The van der Waals surface area contributed by atoms with E-state index < -0.39 is 5.54 Å². The van der Waals surface area contributed by atoms with E-state index in [1.54, 1.807) is 25.3 Å². The molecule has 1 amide bonds. The Hall–Kier alpha value is -2.63. The van der Waals surface area contributed by atoms with Gasteiger partial charge in [0.1, 0.15) is 17.1 Å². The summed E-state index contributed by atoms with van der Waals surface area (Å²) in [6.45, 7) is 4.56. The highest BCUT2D eigenvalue weighted by atomic mass is 16.5. The normalized spacial score (nSPS) is 20.2. The lowest BCUT2D eigenvalue weighted by Crippen LogP contribution is -2.44. The number of ether oxygens (including phenoxy) is 1. The summed E-state index contributed by atoms with van der Waals surface area (Å²) < 4.78 is 5.22. The molecule has 1 atom stereocenters. The van der Waals surface area contributed by atoms with Gasteiger partial charge in [0.2, 0.25) is 0 Å². The number of hydrogen-bond donors (Lipinski definition) is 1. The van der Waals surface area contributed by atoms with Gasteiger partial charge in [-0.2, -0.15) is 0 Å². The maximum Gasteiger partial charge on any atom is 0.254 e. The molecule has 24 heavy (non-hydrogen) atoms. The maximum atomic E-state index is 13.1. The zero-order valence-electron chi connectivity index (χ0n) is 14.2. The van der Waals surface area contributed by atoms with E-state index in [0.717, 1.165) is 18.5 Å². The van der Waals surface area contributed by atoms with Crippen LogP contribution in [0.1, 0.15) is 41.6 Å². The minimum Gasteiger partial charge on any atom is -0.497 e. The largest absolute Gasteiger partial charge is 0.497 e. The summed E-state index contributed by atoms with van der Waals surface area (Å²) in [4.78, 5) is 23.8. The molecule has 1 aliphatic heterocycles. The predicted molar refractivity (Wildman–Crippen MR) is 91.8 cm³/mol. The van der Waals surface area contributed by atoms with E-state index in [9.17, 15) is 4.79 Å². The van der Waals surface area contributed by atoms with Crippen molar-refractivity contribution in [3.05, 3.63) is 47.4 Å². The molecule has 0 unspecified atom stereocenters. The fourth-order valence-corrected chi connectivity index (χ4v) is 3.27. The van der Waals surface area contributed by atoms with Crippen LogP contribution >= 0.6 is 0 Å². The van der Waals surface area contributed by atoms with Crippen LogP contribution in [0.3, 0.4) is 0 Å². The van der Waals surface area contributed by atoms with Gasteiger partial charge in [-0.1, -0.05) is 6.07 Å². The topological polar surface area (TPSA) is 81.3 Å². The predicted octanol–water partition coefficient (Wildman–Crippen LogP) is 2.53. The quantitative estimate of drug-likeness (QED) is 0.937. The van der Waals surface area contributed by atoms with E-state index in [1.165, 1.54) is 0 Å². The molecule has 0 saturated carbocycles. The fourth-order valence-electron chi connectivity index (χ4n) is 3.27. The van der Waals surface area contributed by atoms with Gasteiger partial charge in [0, 0.05) is 23.9 Å². The number of rotatable bonds is 3. The SMILES string of the molecule is COc1cccc(C(=O)N2CCC[C@]2(C)c2nc(C)cc(N)n2)c1. The molecular formula is C18H22N4O2. The number of aryl methyl sites for hydroxylation is 1. The third-order valence-corrected chi connectivity index (χ3v) is 4.56. The molecule has 1 aromatic carbocycles. The Labute approximate surface area is 141 Å². The Morgan fingerprint density at radius 1 is 1.33 bits per heavy atom. The standard InChI is InChI=1S/C18H22N4O2/c1-12-10-15(19)21-17(20-12)18(2)8-5-9-22(18)16(23)13-6-4-7-14(11-13)24-3/h4,6-7,10-11H,5,8-9H2,1-3H3,(H2,19,20,21)/t18-/m1/s1. The van der Waals surface area contributed by atoms with Gasteiger partial charge < -0.3 is 15.4 Å². The van der Waals surface area contributed by atoms with Gasteiger partial charge in [0.15, 0.2) is 5.82 Å². The molecule has 2 aromatic rings. The number of aromatic nitrogens is 2. The summed E-state index contributed by atoms with van der Waals surface area (Å²) in [7, 11) is 1.59. The highest BCUT2D eigenvalue weighted by Crippen LogP contribution is 2.38. The first-order valence-corrected chi connectivity index (χ1v) is 8.02. The lowest BCUT2D eigenvalue weighted by Gasteiger charge is -2.34. The molecule has 0 spiro atoms. The van der Waals surface area contributed by atoms with E-state index in [-0.39, 0.29) is 5.91 Å². The van der Waals surface area contributed by atoms with Crippen LogP contribution in [0.2, 0.25) is 0 Å². The summed E-state index contributed by atoms with van der Waals surface area (Å²) in [5.41, 5.74) is 6.74. The van der Waals surface area contributed by atoms with Gasteiger partial charge in [-0.3, -0.25) is 4.79 Å². The number of carbonyl (C=O) groups is 1. The summed E-state index contributed by atoms with van der Waals surface area (Å²) in [6, 6.07) is 8.93. The van der Waals surface area contributed by atoms with Gasteiger partial charge in [-0.25, -0.2) is 9.97 Å². The second kappa shape index (κ2) is 6.11. The maximum absolute atomic E-state index is 13.1. The van der Waals surface area contributed by atoms with Crippen molar-refractivity contribution in [3.63, 3.8) is 0 Å². The molecule has 1 saturated heterocycles. The van der Waals surface area contributed by atoms with Crippen LogP contribution in [0.15, 0.2) is 30.3 Å². The van der Waals surface area contributed by atoms with E-state index in [2.05, 4.69) is 9.97 Å². The molecule has 3 rings (SSSR count). The molecule has 1 fully saturated rings. The molecule has 6 heteroatoms. The zero-order chi connectivity index (χ0) is 17.3. The van der Waals surface area contributed by atoms with E-state index >= 15 is 0 Å². The molecule has 0 aliphatic carbocycles. The van der Waals surface area contributed by atoms with Crippen LogP contribution in [0.5, 0.6) is 5.75 Å². The van der Waals surface area contributed by atoms with E-state index in [1.807, 2.05) is 30.9 Å².